The molecule has 4 rings (SSSR count). The van der Waals surface area contributed by atoms with Crippen molar-refractivity contribution >= 4 is 11.8 Å². The summed E-state index contributed by atoms with van der Waals surface area (Å²) in [6, 6.07) is 9.79. The first-order chi connectivity index (χ1) is 14.5. The van der Waals surface area contributed by atoms with Crippen molar-refractivity contribution < 1.29 is 19.1 Å². The zero-order chi connectivity index (χ0) is 21.3. The number of hydrogen-bond acceptors (Lipinski definition) is 5. The molecule has 1 N–H and O–H groups in total. The zero-order valence-corrected chi connectivity index (χ0v) is 17.7. The largest absolute Gasteiger partial charge is 0.499 e. The van der Waals surface area contributed by atoms with E-state index in [0.29, 0.717) is 18.9 Å². The van der Waals surface area contributed by atoms with Crippen molar-refractivity contribution in [1.82, 2.24) is 15.1 Å². The van der Waals surface area contributed by atoms with Gasteiger partial charge in [-0.1, -0.05) is 30.3 Å². The molecule has 3 aliphatic heterocycles. The third-order valence-electron chi connectivity index (χ3n) is 6.15. The van der Waals surface area contributed by atoms with E-state index in [9.17, 15) is 9.59 Å². The van der Waals surface area contributed by atoms with E-state index in [-0.39, 0.29) is 36.0 Å². The highest BCUT2D eigenvalue weighted by molar-refractivity contribution is 5.92. The Morgan fingerprint density at radius 2 is 1.97 bits per heavy atom. The summed E-state index contributed by atoms with van der Waals surface area (Å²) >= 11 is 0. The average molecular weight is 412 g/mol. The minimum absolute atomic E-state index is 0.00196. The number of rotatable bonds is 7. The highest BCUT2D eigenvalue weighted by Crippen LogP contribution is 2.32. The van der Waals surface area contributed by atoms with Gasteiger partial charge in [-0.15, -0.1) is 0 Å². The summed E-state index contributed by atoms with van der Waals surface area (Å²) in [6.07, 6.45) is 3.88. The number of hydrogen-bond donors (Lipinski definition) is 1. The number of methoxy groups -OCH3 is 1. The summed E-state index contributed by atoms with van der Waals surface area (Å²) in [5.74, 6) is 0.549. The maximum atomic E-state index is 12.9. The Hall–Kier alpha value is -2.80. The Bertz CT molecular complexity index is 866. The van der Waals surface area contributed by atoms with E-state index < -0.39 is 0 Å². The summed E-state index contributed by atoms with van der Waals surface area (Å²) in [5.41, 5.74) is 2.09. The third-order valence-corrected chi connectivity index (χ3v) is 6.15. The molecule has 30 heavy (non-hydrogen) atoms. The van der Waals surface area contributed by atoms with Gasteiger partial charge >= 0.3 is 0 Å². The fraction of sp³-hybridized carbons (Fsp3) is 0.478. The number of nitrogens with one attached hydrogen (secondary N) is 1. The van der Waals surface area contributed by atoms with Crippen LogP contribution in [0.2, 0.25) is 0 Å². The predicted octanol–water partition coefficient (Wildman–Crippen LogP) is 1.81. The van der Waals surface area contributed by atoms with Crippen LogP contribution in [0.1, 0.15) is 25.8 Å². The topological polar surface area (TPSA) is 71.1 Å². The fourth-order valence-corrected chi connectivity index (χ4v) is 4.65. The Morgan fingerprint density at radius 1 is 1.20 bits per heavy atom. The van der Waals surface area contributed by atoms with Gasteiger partial charge in [0.25, 0.3) is 5.91 Å². The molecule has 7 heteroatoms. The van der Waals surface area contributed by atoms with Gasteiger partial charge in [0.05, 0.1) is 31.9 Å². The molecule has 3 unspecified atom stereocenters. The van der Waals surface area contributed by atoms with E-state index in [0.717, 1.165) is 24.2 Å². The van der Waals surface area contributed by atoms with Crippen molar-refractivity contribution in [2.75, 3.05) is 20.2 Å². The number of carbonyl (C=O) groups excluding carboxylic acids is 2. The molecule has 0 aromatic heterocycles. The Balaban J connectivity index is 1.46. The molecule has 3 aliphatic rings. The van der Waals surface area contributed by atoms with Gasteiger partial charge in [-0.05, 0) is 25.8 Å². The Labute approximate surface area is 177 Å². The SMILES string of the molecule is COC1=CC(=O)N(C2CCN(C3=CC(=O)NC3C)C2)C1[C@@H](C)OCc1ccccc1. The molecule has 1 aromatic carbocycles. The second-order valence-electron chi connectivity index (χ2n) is 8.13. The first-order valence-electron chi connectivity index (χ1n) is 10.5. The van der Waals surface area contributed by atoms with Crippen molar-refractivity contribution in [3.8, 4) is 0 Å². The monoisotopic (exact) mass is 411 g/mol. The fourth-order valence-electron chi connectivity index (χ4n) is 4.65. The van der Waals surface area contributed by atoms with Gasteiger partial charge in [-0.25, -0.2) is 0 Å². The second kappa shape index (κ2) is 8.52. The number of nitrogens with zero attached hydrogens (tertiary/aromatic N) is 2. The first kappa shape index (κ1) is 20.5. The van der Waals surface area contributed by atoms with Crippen LogP contribution in [0.25, 0.3) is 0 Å². The van der Waals surface area contributed by atoms with E-state index in [1.54, 1.807) is 19.3 Å². The minimum atomic E-state index is -0.258. The highest BCUT2D eigenvalue weighted by Gasteiger charge is 2.44. The molecule has 1 aromatic rings. The molecule has 1 fully saturated rings. The van der Waals surface area contributed by atoms with Crippen LogP contribution in [0.15, 0.2) is 53.9 Å². The number of amides is 2. The molecule has 2 amide bonds. The molecule has 0 bridgehead atoms. The molecule has 160 valence electrons. The third kappa shape index (κ3) is 3.94. The van der Waals surface area contributed by atoms with Gasteiger partial charge < -0.3 is 24.6 Å². The van der Waals surface area contributed by atoms with Crippen LogP contribution in [0.4, 0.5) is 0 Å². The zero-order valence-electron chi connectivity index (χ0n) is 17.7. The summed E-state index contributed by atoms with van der Waals surface area (Å²) < 4.78 is 11.7. The number of benzene rings is 1. The van der Waals surface area contributed by atoms with Crippen LogP contribution in [0.3, 0.4) is 0 Å². The molecule has 0 radical (unpaired) electrons. The number of ether oxygens (including phenoxy) is 2. The van der Waals surface area contributed by atoms with E-state index in [1.165, 1.54) is 0 Å². The summed E-state index contributed by atoms with van der Waals surface area (Å²) in [7, 11) is 1.60. The van der Waals surface area contributed by atoms with Gasteiger partial charge in [0.1, 0.15) is 11.8 Å². The second-order valence-corrected chi connectivity index (χ2v) is 8.13. The van der Waals surface area contributed by atoms with Crippen molar-refractivity contribution in [3.63, 3.8) is 0 Å². The Kier molecular flexibility index (Phi) is 5.81. The van der Waals surface area contributed by atoms with Crippen molar-refractivity contribution in [2.45, 2.75) is 51.1 Å². The van der Waals surface area contributed by atoms with Crippen molar-refractivity contribution in [1.29, 1.82) is 0 Å². The normalized spacial score (nSPS) is 27.2. The lowest BCUT2D eigenvalue weighted by Crippen LogP contribution is -2.50. The van der Waals surface area contributed by atoms with Crippen LogP contribution in [0, 0.1) is 0 Å². The quantitative estimate of drug-likeness (QED) is 0.741. The van der Waals surface area contributed by atoms with E-state index >= 15 is 0 Å². The van der Waals surface area contributed by atoms with Crippen molar-refractivity contribution in [2.24, 2.45) is 0 Å². The predicted molar refractivity (Wildman–Crippen MR) is 112 cm³/mol. The Morgan fingerprint density at radius 3 is 2.63 bits per heavy atom. The lowest BCUT2D eigenvalue weighted by molar-refractivity contribution is -0.131. The average Bonchev–Trinajstić information content (AvgIpc) is 3.43. The highest BCUT2D eigenvalue weighted by atomic mass is 16.5. The number of carbonyl (C=O) groups is 2. The van der Waals surface area contributed by atoms with Gasteiger partial charge in [0, 0.05) is 30.9 Å². The summed E-state index contributed by atoms with van der Waals surface area (Å²) in [5, 5.41) is 2.91. The summed E-state index contributed by atoms with van der Waals surface area (Å²) in [6.45, 7) is 5.96. The maximum absolute atomic E-state index is 12.9. The minimum Gasteiger partial charge on any atom is -0.499 e. The maximum Gasteiger partial charge on any atom is 0.251 e. The van der Waals surface area contributed by atoms with Crippen LogP contribution < -0.4 is 5.32 Å². The molecular formula is C23H29N3O4. The van der Waals surface area contributed by atoms with Crippen LogP contribution in [0.5, 0.6) is 0 Å². The van der Waals surface area contributed by atoms with E-state index in [1.807, 2.05) is 49.1 Å². The van der Waals surface area contributed by atoms with Crippen LogP contribution >= 0.6 is 0 Å². The molecule has 0 aliphatic carbocycles. The smallest absolute Gasteiger partial charge is 0.251 e. The lowest BCUT2D eigenvalue weighted by Gasteiger charge is -2.35. The number of likely N-dealkylation sites (tertiary alicyclic amines) is 1. The molecule has 3 heterocycles. The van der Waals surface area contributed by atoms with Crippen LogP contribution in [-0.2, 0) is 25.7 Å². The summed E-state index contributed by atoms with van der Waals surface area (Å²) in [4.78, 5) is 28.7. The van der Waals surface area contributed by atoms with E-state index in [4.69, 9.17) is 9.47 Å². The molecule has 0 saturated carbocycles. The van der Waals surface area contributed by atoms with Gasteiger partial charge in [0.15, 0.2) is 0 Å². The van der Waals surface area contributed by atoms with Gasteiger partial charge in [-0.2, -0.15) is 0 Å². The van der Waals surface area contributed by atoms with E-state index in [2.05, 4.69) is 10.2 Å². The standard InChI is InChI=1S/C23H29N3O4/c1-15-19(11-21(27)24-15)25-10-9-18(13-25)26-22(28)12-20(29-3)23(26)16(2)30-14-17-7-5-4-6-8-17/h4-8,11-12,15-16,18,23H,9-10,13-14H2,1-3H3,(H,24,27)/t15?,16-,18?,23?/m1/s1. The molecule has 0 spiro atoms. The lowest BCUT2D eigenvalue weighted by atomic mass is 10.1. The van der Waals surface area contributed by atoms with Crippen molar-refractivity contribution in [3.05, 3.63) is 59.5 Å². The molecule has 4 atom stereocenters. The van der Waals surface area contributed by atoms with Crippen LogP contribution in [-0.4, -0.2) is 66.0 Å². The van der Waals surface area contributed by atoms with Gasteiger partial charge in [-0.3, -0.25) is 9.59 Å². The first-order valence-corrected chi connectivity index (χ1v) is 10.5. The molecule has 1 saturated heterocycles. The van der Waals surface area contributed by atoms with Gasteiger partial charge in [0.2, 0.25) is 5.91 Å². The molecule has 7 nitrogen and oxygen atoms in total. The molecular weight excluding hydrogens is 382 g/mol.